The summed E-state index contributed by atoms with van der Waals surface area (Å²) in [5.74, 6) is -2.31. The number of phenols is 2. The first-order valence-electron chi connectivity index (χ1n) is 20.5. The number of carbonyl (C=O) groups excluding carboxylic acids is 5. The Bertz CT molecular complexity index is 2380. The largest absolute Gasteiger partial charge is 0.508 e. The predicted molar refractivity (Wildman–Crippen MR) is 248 cm³/mol. The van der Waals surface area contributed by atoms with E-state index in [1.807, 2.05) is 0 Å². The van der Waals surface area contributed by atoms with Crippen LogP contribution in [-0.4, -0.2) is 53.9 Å². The Kier molecular flexibility index (Phi) is 19.4. The van der Waals surface area contributed by atoms with Crippen molar-refractivity contribution in [3.63, 3.8) is 0 Å². The highest BCUT2D eigenvalue weighted by Gasteiger charge is 2.57. The van der Waals surface area contributed by atoms with E-state index in [0.717, 1.165) is 11.1 Å². The van der Waals surface area contributed by atoms with Gasteiger partial charge in [-0.05, 0) is 145 Å². The van der Waals surface area contributed by atoms with Gasteiger partial charge in [0.25, 0.3) is 0 Å². The molecule has 0 amide bonds. The van der Waals surface area contributed by atoms with Crippen LogP contribution in [0.5, 0.6) is 11.5 Å². The fourth-order valence-electron chi connectivity index (χ4n) is 6.60. The lowest BCUT2D eigenvalue weighted by molar-refractivity contribution is -0.148. The van der Waals surface area contributed by atoms with Gasteiger partial charge in [0.05, 0.1) is 5.41 Å². The molecule has 0 heterocycles. The molecule has 5 aromatic rings. The summed E-state index contributed by atoms with van der Waals surface area (Å²) >= 11 is 5.40. The normalized spacial score (nSPS) is 14.9. The maximum absolute atomic E-state index is 12.9. The zero-order valence-electron chi connectivity index (χ0n) is 35.6. The van der Waals surface area contributed by atoms with Gasteiger partial charge >= 0.3 is 5.97 Å². The molecule has 3 fully saturated rings. The molecule has 0 radical (unpaired) electrons. The molecule has 8 rings (SSSR count). The van der Waals surface area contributed by atoms with Crippen LogP contribution in [-0.2, 0) is 63.7 Å². The van der Waals surface area contributed by atoms with E-state index in [4.69, 9.17) is 31.8 Å². The summed E-state index contributed by atoms with van der Waals surface area (Å²) in [6.07, 6.45) is 3.63. The van der Waals surface area contributed by atoms with Gasteiger partial charge in [0.1, 0.15) is 39.8 Å². The number of carbonyl (C=O) groups is 6. The van der Waals surface area contributed by atoms with E-state index in [0.29, 0.717) is 55.3 Å². The molecule has 0 spiro atoms. The number of rotatable bonds is 14. The maximum Gasteiger partial charge on any atom is 0.317 e. The average molecular weight is 1000 g/mol. The van der Waals surface area contributed by atoms with Gasteiger partial charge in [-0.1, -0.05) is 48.5 Å². The van der Waals surface area contributed by atoms with E-state index in [2.05, 4.69) is 21.4 Å². The van der Waals surface area contributed by atoms with Crippen molar-refractivity contribution in [2.24, 2.45) is 16.2 Å². The van der Waals surface area contributed by atoms with Crippen LogP contribution in [0.4, 0.5) is 18.9 Å². The van der Waals surface area contributed by atoms with Crippen LogP contribution in [0, 0.1) is 33.7 Å². The number of hydrogen-bond acceptors (Lipinski definition) is 10. The third-order valence-electron chi connectivity index (χ3n) is 11.2. The second kappa shape index (κ2) is 24.2. The highest BCUT2D eigenvalue weighted by atomic mass is 36.0. The number of halogens is 6. The molecule has 5 N–H and O–H groups in total. The molecule has 11 nitrogen and oxygen atoms in total. The number of Topliss-reactive ketones (excluding diaryl/α,β-unsaturated/α-hetero) is 4. The molecule has 0 atom stereocenters. The first kappa shape index (κ1) is 53.7. The smallest absolute Gasteiger partial charge is 0.317 e. The van der Waals surface area contributed by atoms with E-state index in [1.54, 1.807) is 60.7 Å². The molecule has 0 bridgehead atoms. The fraction of sp³-hybridized carbons (Fsp3) is 0.265. The molecule has 3 aliphatic rings. The first-order valence-corrected chi connectivity index (χ1v) is 23.7. The van der Waals surface area contributed by atoms with Gasteiger partial charge in [-0.2, -0.15) is 0 Å². The lowest BCUT2D eigenvalue weighted by Gasteiger charge is -2.13. The maximum atomic E-state index is 12.9. The fourth-order valence-corrected chi connectivity index (χ4v) is 6.89. The number of carboxylic acid groups (broad SMARTS) is 1. The standard InChI is InChI=1S/C19H17FO3.C12H10ClFO2.C12H11FO3.C6H7NO.Cl2OS/c20-15-5-1-13(2-6-15)11-17(22)19(9-10-19)18(23)12-14-3-7-16(21)8-4-14;13-11(16)12(5-6-12)10(15)7-8-1-3-9(14)4-2-8;13-9-3-1-8(2-4-9)7-10(14)12(5-6-12)11(15)16;7-5-1-3-6(8)4-2-5;1-4(2)3/h1-8,21H,9-12H2;1-4H,5-7H2;1-4H,5-7H2,(H,15,16);1-4,8H,7H2;. The number of nitrogens with two attached hydrogens (primary N) is 1. The zero-order chi connectivity index (χ0) is 49.5. The molecule has 0 aromatic heterocycles. The van der Waals surface area contributed by atoms with Crippen molar-refractivity contribution in [3.8, 4) is 11.5 Å². The monoisotopic (exact) mass is 1000 g/mol. The molecule has 354 valence electrons. The van der Waals surface area contributed by atoms with E-state index < -0.39 is 36.7 Å². The number of ketones is 4. The number of carboxylic acids is 1. The Morgan fingerprint density at radius 1 is 0.478 bits per heavy atom. The lowest BCUT2D eigenvalue weighted by atomic mass is 9.88. The SMILES string of the molecule is Nc1ccc(O)cc1.O=C(Cc1ccc(O)cc1)C1(C(=O)Cc2ccc(F)cc2)CC1.O=C(Cl)C1(C(=O)Cc2ccc(F)cc2)CC1.O=C(O)C1(C(=O)Cc2ccc(F)cc2)CC1.O=S(Cl)Cl. The summed E-state index contributed by atoms with van der Waals surface area (Å²) in [6, 6.07) is 29.9. The van der Waals surface area contributed by atoms with Crippen LogP contribution in [0.1, 0.15) is 60.8 Å². The second-order valence-electron chi connectivity index (χ2n) is 16.0. The van der Waals surface area contributed by atoms with Crippen molar-refractivity contribution in [2.75, 3.05) is 5.73 Å². The van der Waals surface area contributed by atoms with Crippen molar-refractivity contribution < 1.29 is 61.5 Å². The lowest BCUT2D eigenvalue weighted by Crippen LogP contribution is -2.28. The van der Waals surface area contributed by atoms with Gasteiger partial charge in [0, 0.05) is 52.7 Å². The number of hydrogen-bond donors (Lipinski definition) is 4. The van der Waals surface area contributed by atoms with Crippen LogP contribution >= 0.6 is 33.0 Å². The Morgan fingerprint density at radius 2 is 0.716 bits per heavy atom. The van der Waals surface area contributed by atoms with Gasteiger partial charge in [-0.25, -0.2) is 17.4 Å². The van der Waals surface area contributed by atoms with Crippen molar-refractivity contribution in [1.82, 2.24) is 0 Å². The third-order valence-corrected chi connectivity index (χ3v) is 11.6. The Labute approximate surface area is 400 Å². The van der Waals surface area contributed by atoms with Gasteiger partial charge in [0.15, 0.2) is 23.1 Å². The van der Waals surface area contributed by atoms with Crippen LogP contribution < -0.4 is 5.73 Å². The third kappa shape index (κ3) is 16.5. The van der Waals surface area contributed by atoms with Gasteiger partial charge in [-0.15, -0.1) is 0 Å². The van der Waals surface area contributed by atoms with E-state index in [1.165, 1.54) is 60.7 Å². The Hall–Kier alpha value is -5.87. The first-order chi connectivity index (χ1) is 31.6. The molecular formula is C49H45Cl3F3NO10S. The van der Waals surface area contributed by atoms with Gasteiger partial charge in [-0.3, -0.25) is 28.8 Å². The summed E-state index contributed by atoms with van der Waals surface area (Å²) in [4.78, 5) is 70.6. The second-order valence-corrected chi connectivity index (χ2v) is 18.9. The van der Waals surface area contributed by atoms with Crippen molar-refractivity contribution in [2.45, 2.75) is 64.2 Å². The van der Waals surface area contributed by atoms with Gasteiger partial charge < -0.3 is 21.1 Å². The highest BCUT2D eigenvalue weighted by molar-refractivity contribution is 8.26. The summed E-state index contributed by atoms with van der Waals surface area (Å²) in [5.41, 5.74) is 5.87. The van der Waals surface area contributed by atoms with Crippen LogP contribution in [0.3, 0.4) is 0 Å². The Morgan fingerprint density at radius 3 is 0.955 bits per heavy atom. The van der Waals surface area contributed by atoms with Crippen molar-refractivity contribution in [1.29, 1.82) is 0 Å². The minimum absolute atomic E-state index is 0.0621. The molecular weight excluding hydrogens is 958 g/mol. The molecule has 3 saturated carbocycles. The van der Waals surface area contributed by atoms with Crippen LogP contribution in [0.2, 0.25) is 0 Å². The number of phenolic OH excluding ortho intramolecular Hbond substituents is 2. The number of aliphatic carboxylic acids is 1. The number of anilines is 1. The minimum Gasteiger partial charge on any atom is -0.508 e. The van der Waals surface area contributed by atoms with E-state index in [9.17, 15) is 47.0 Å². The summed E-state index contributed by atoms with van der Waals surface area (Å²) in [5, 5.41) is 26.3. The number of nitrogen functional groups attached to an aromatic ring is 1. The topological polar surface area (TPSA) is 206 Å². The quantitative estimate of drug-likeness (QED) is 0.0357. The number of aromatic hydroxyl groups is 2. The molecule has 18 heteroatoms. The van der Waals surface area contributed by atoms with Crippen molar-refractivity contribution >= 4 is 82.2 Å². The Balaban J connectivity index is 0.000000199. The molecule has 0 saturated heterocycles. The van der Waals surface area contributed by atoms with E-state index >= 15 is 0 Å². The zero-order valence-corrected chi connectivity index (χ0v) is 38.7. The minimum atomic E-state index is -1.67. The summed E-state index contributed by atoms with van der Waals surface area (Å²) < 4.78 is 47.3. The predicted octanol–water partition coefficient (Wildman–Crippen LogP) is 9.54. The molecule has 0 aliphatic heterocycles. The van der Waals surface area contributed by atoms with E-state index in [-0.39, 0.29) is 77.8 Å². The molecule has 3 aliphatic carbocycles. The average Bonchev–Trinajstić information content (AvgIpc) is 4.14. The molecule has 67 heavy (non-hydrogen) atoms. The number of benzene rings is 5. The van der Waals surface area contributed by atoms with Gasteiger partial charge in [0.2, 0.25) is 14.5 Å². The molecule has 0 unspecified atom stereocenters. The van der Waals surface area contributed by atoms with Crippen LogP contribution in [0.15, 0.2) is 121 Å². The van der Waals surface area contributed by atoms with Crippen molar-refractivity contribution in [3.05, 3.63) is 161 Å². The molecule has 5 aromatic carbocycles. The summed E-state index contributed by atoms with van der Waals surface area (Å²) in [7, 11) is 7.36. The highest BCUT2D eigenvalue weighted by Crippen LogP contribution is 2.50. The summed E-state index contributed by atoms with van der Waals surface area (Å²) in [6.45, 7) is 0. The van der Waals surface area contributed by atoms with Crippen LogP contribution in [0.25, 0.3) is 0 Å².